The summed E-state index contributed by atoms with van der Waals surface area (Å²) in [4.78, 5) is 12.1. The smallest absolute Gasteiger partial charge is 0.258 e. The number of nitrogens with two attached hydrogens (primary N) is 1. The van der Waals surface area contributed by atoms with Crippen molar-refractivity contribution in [1.29, 1.82) is 0 Å². The Balaban J connectivity index is 2.29. The number of nitrogen functional groups attached to an aromatic ring is 1. The number of methoxy groups -OCH3 is 1. The van der Waals surface area contributed by atoms with E-state index in [1.54, 1.807) is 12.1 Å². The topological polar surface area (TPSA) is 64.3 Å². The summed E-state index contributed by atoms with van der Waals surface area (Å²) in [7, 11) is 1.43. The molecule has 0 fully saturated rings. The van der Waals surface area contributed by atoms with E-state index in [-0.39, 0.29) is 5.56 Å². The summed E-state index contributed by atoms with van der Waals surface area (Å²) in [6, 6.07) is 9.34. The molecular weight excluding hydrogens is 259 g/mol. The molecule has 0 aromatic heterocycles. The molecule has 0 saturated carbocycles. The van der Waals surface area contributed by atoms with Crippen molar-refractivity contribution in [2.24, 2.45) is 0 Å². The Hall–Kier alpha value is -2.56. The lowest BCUT2D eigenvalue weighted by Gasteiger charge is -2.11. The summed E-state index contributed by atoms with van der Waals surface area (Å²) in [6.07, 6.45) is 0. The molecule has 2 rings (SSSR count). The minimum atomic E-state index is -0.644. The number of aryl methyl sites for hydroxylation is 1. The molecule has 0 heterocycles. The van der Waals surface area contributed by atoms with Crippen LogP contribution in [0.4, 0.5) is 15.8 Å². The molecular formula is C15H15FN2O2. The van der Waals surface area contributed by atoms with Crippen LogP contribution in [-0.4, -0.2) is 13.0 Å². The Kier molecular flexibility index (Phi) is 3.89. The maximum absolute atomic E-state index is 13.8. The number of hydrogen-bond donors (Lipinski definition) is 2. The second kappa shape index (κ2) is 5.61. The summed E-state index contributed by atoms with van der Waals surface area (Å²) in [5.41, 5.74) is 7.48. The van der Waals surface area contributed by atoms with Gasteiger partial charge in [0.05, 0.1) is 24.0 Å². The Labute approximate surface area is 116 Å². The van der Waals surface area contributed by atoms with Gasteiger partial charge in [-0.15, -0.1) is 0 Å². The molecule has 2 aromatic carbocycles. The largest absolute Gasteiger partial charge is 0.497 e. The van der Waals surface area contributed by atoms with Crippen LogP contribution in [0.2, 0.25) is 0 Å². The van der Waals surface area contributed by atoms with Crippen molar-refractivity contribution in [3.63, 3.8) is 0 Å². The second-order valence-corrected chi connectivity index (χ2v) is 4.34. The summed E-state index contributed by atoms with van der Waals surface area (Å²) >= 11 is 0. The van der Waals surface area contributed by atoms with Crippen LogP contribution in [0.1, 0.15) is 15.9 Å². The van der Waals surface area contributed by atoms with Crippen LogP contribution in [0.25, 0.3) is 0 Å². The fourth-order valence-corrected chi connectivity index (χ4v) is 1.85. The van der Waals surface area contributed by atoms with Gasteiger partial charge in [-0.2, -0.15) is 0 Å². The monoisotopic (exact) mass is 274 g/mol. The van der Waals surface area contributed by atoms with E-state index in [1.165, 1.54) is 19.2 Å². The van der Waals surface area contributed by atoms with Crippen molar-refractivity contribution in [2.75, 3.05) is 18.2 Å². The molecule has 104 valence electrons. The average Bonchev–Trinajstić information content (AvgIpc) is 2.42. The molecule has 0 aliphatic heterocycles. The minimum absolute atomic E-state index is 0.0616. The van der Waals surface area contributed by atoms with Gasteiger partial charge >= 0.3 is 0 Å². The Morgan fingerprint density at radius 1 is 1.30 bits per heavy atom. The number of rotatable bonds is 3. The number of benzene rings is 2. The van der Waals surface area contributed by atoms with Crippen LogP contribution in [0.3, 0.4) is 0 Å². The normalized spacial score (nSPS) is 10.2. The molecule has 3 N–H and O–H groups in total. The molecule has 0 saturated heterocycles. The highest BCUT2D eigenvalue weighted by Crippen LogP contribution is 2.24. The van der Waals surface area contributed by atoms with Gasteiger partial charge < -0.3 is 15.8 Å². The first-order chi connectivity index (χ1) is 9.52. The number of carbonyl (C=O) groups is 1. The lowest BCUT2D eigenvalue weighted by Crippen LogP contribution is -2.15. The van der Waals surface area contributed by atoms with Gasteiger partial charge in [-0.25, -0.2) is 4.39 Å². The minimum Gasteiger partial charge on any atom is -0.497 e. The van der Waals surface area contributed by atoms with Crippen LogP contribution in [0.5, 0.6) is 5.75 Å². The van der Waals surface area contributed by atoms with Crippen molar-refractivity contribution in [3.8, 4) is 5.75 Å². The SMILES string of the molecule is COc1ccc(C(=O)Nc2c(C)cccc2N)c(F)c1. The van der Waals surface area contributed by atoms with Gasteiger partial charge in [-0.1, -0.05) is 12.1 Å². The van der Waals surface area contributed by atoms with Crippen molar-refractivity contribution in [2.45, 2.75) is 6.92 Å². The number of ether oxygens (including phenoxy) is 1. The Morgan fingerprint density at radius 2 is 2.05 bits per heavy atom. The van der Waals surface area contributed by atoms with Crippen molar-refractivity contribution >= 4 is 17.3 Å². The van der Waals surface area contributed by atoms with Crippen molar-refractivity contribution < 1.29 is 13.9 Å². The quantitative estimate of drug-likeness (QED) is 0.846. The molecule has 0 atom stereocenters. The molecule has 4 nitrogen and oxygen atoms in total. The second-order valence-electron chi connectivity index (χ2n) is 4.34. The molecule has 0 aliphatic carbocycles. The summed E-state index contributed by atoms with van der Waals surface area (Å²) in [5.74, 6) is -0.838. The summed E-state index contributed by atoms with van der Waals surface area (Å²) in [6.45, 7) is 1.82. The van der Waals surface area contributed by atoms with Crippen LogP contribution < -0.4 is 15.8 Å². The predicted molar refractivity (Wildman–Crippen MR) is 76.5 cm³/mol. The van der Waals surface area contributed by atoms with Crippen LogP contribution in [0.15, 0.2) is 36.4 Å². The van der Waals surface area contributed by atoms with E-state index in [4.69, 9.17) is 10.5 Å². The molecule has 0 radical (unpaired) electrons. The molecule has 0 bridgehead atoms. The lowest BCUT2D eigenvalue weighted by atomic mass is 10.1. The number of anilines is 2. The van der Waals surface area contributed by atoms with Crippen molar-refractivity contribution in [3.05, 3.63) is 53.3 Å². The molecule has 5 heteroatoms. The number of carbonyl (C=O) groups excluding carboxylic acids is 1. The van der Waals surface area contributed by atoms with Gasteiger partial charge in [0.1, 0.15) is 11.6 Å². The van der Waals surface area contributed by atoms with E-state index < -0.39 is 11.7 Å². The standard InChI is InChI=1S/C15H15FN2O2/c1-9-4-3-5-13(17)14(9)18-15(19)11-7-6-10(20-2)8-12(11)16/h3-8H,17H2,1-2H3,(H,18,19). The molecule has 0 unspecified atom stereocenters. The Bertz CT molecular complexity index is 636. The van der Waals surface area contributed by atoms with Gasteiger partial charge in [-0.3, -0.25) is 4.79 Å². The van der Waals surface area contributed by atoms with Crippen LogP contribution >= 0.6 is 0 Å². The van der Waals surface area contributed by atoms with Crippen LogP contribution in [-0.2, 0) is 0 Å². The third kappa shape index (κ3) is 2.71. The number of halogens is 1. The predicted octanol–water partition coefficient (Wildman–Crippen LogP) is 2.98. The third-order valence-corrected chi connectivity index (χ3v) is 2.96. The van der Waals surface area contributed by atoms with Gasteiger partial charge in [0, 0.05) is 6.07 Å². The van der Waals surface area contributed by atoms with E-state index in [2.05, 4.69) is 5.32 Å². The first kappa shape index (κ1) is 13.9. The number of amides is 1. The molecule has 0 spiro atoms. The maximum Gasteiger partial charge on any atom is 0.258 e. The Morgan fingerprint density at radius 3 is 2.65 bits per heavy atom. The van der Waals surface area contributed by atoms with E-state index in [1.807, 2.05) is 13.0 Å². The van der Waals surface area contributed by atoms with Gasteiger partial charge in [-0.05, 0) is 30.7 Å². The van der Waals surface area contributed by atoms with E-state index in [9.17, 15) is 9.18 Å². The summed E-state index contributed by atoms with van der Waals surface area (Å²) in [5, 5.41) is 2.63. The fraction of sp³-hybridized carbons (Fsp3) is 0.133. The summed E-state index contributed by atoms with van der Waals surface area (Å²) < 4.78 is 18.7. The third-order valence-electron chi connectivity index (χ3n) is 2.96. The molecule has 1 amide bonds. The van der Waals surface area contributed by atoms with E-state index >= 15 is 0 Å². The van der Waals surface area contributed by atoms with Gasteiger partial charge in [0.2, 0.25) is 0 Å². The zero-order valence-electron chi connectivity index (χ0n) is 11.2. The number of para-hydroxylation sites is 1. The highest BCUT2D eigenvalue weighted by Gasteiger charge is 2.14. The number of nitrogens with one attached hydrogen (secondary N) is 1. The van der Waals surface area contributed by atoms with Gasteiger partial charge in [0.15, 0.2) is 0 Å². The number of hydrogen-bond acceptors (Lipinski definition) is 3. The molecule has 0 aliphatic rings. The first-order valence-electron chi connectivity index (χ1n) is 6.03. The van der Waals surface area contributed by atoms with Gasteiger partial charge in [0.25, 0.3) is 5.91 Å². The zero-order valence-corrected chi connectivity index (χ0v) is 11.2. The van der Waals surface area contributed by atoms with E-state index in [0.717, 1.165) is 11.6 Å². The zero-order chi connectivity index (χ0) is 14.7. The van der Waals surface area contributed by atoms with Crippen LogP contribution in [0, 0.1) is 12.7 Å². The molecule has 2 aromatic rings. The highest BCUT2D eigenvalue weighted by atomic mass is 19.1. The van der Waals surface area contributed by atoms with E-state index in [0.29, 0.717) is 17.1 Å². The van der Waals surface area contributed by atoms with Crippen molar-refractivity contribution in [1.82, 2.24) is 0 Å². The fourth-order valence-electron chi connectivity index (χ4n) is 1.85. The lowest BCUT2D eigenvalue weighted by molar-refractivity contribution is 0.102. The highest BCUT2D eigenvalue weighted by molar-refractivity contribution is 6.06. The molecule has 20 heavy (non-hydrogen) atoms. The first-order valence-corrected chi connectivity index (χ1v) is 6.03. The maximum atomic E-state index is 13.8. The average molecular weight is 274 g/mol.